The molecular formula is C16H24N6OS3. The molecule has 142 valence electrons. The van der Waals surface area contributed by atoms with Gasteiger partial charge in [-0.2, -0.15) is 5.53 Å². The van der Waals surface area contributed by atoms with Crippen molar-refractivity contribution in [1.29, 1.82) is 0 Å². The van der Waals surface area contributed by atoms with Gasteiger partial charge in [0.15, 0.2) is 0 Å². The fourth-order valence-corrected chi connectivity index (χ4v) is 8.55. The van der Waals surface area contributed by atoms with Crippen LogP contribution in [0.15, 0.2) is 21.5 Å². The van der Waals surface area contributed by atoms with Crippen molar-refractivity contribution in [2.45, 2.75) is 43.6 Å². The van der Waals surface area contributed by atoms with Gasteiger partial charge in [0.05, 0.1) is 38.2 Å². The summed E-state index contributed by atoms with van der Waals surface area (Å²) in [6.45, 7) is 3.06. The Hall–Kier alpha value is -0.490. The van der Waals surface area contributed by atoms with Crippen LogP contribution in [0, 0.1) is 11.8 Å². The van der Waals surface area contributed by atoms with E-state index in [2.05, 4.69) is 38.7 Å². The van der Waals surface area contributed by atoms with E-state index in [-0.39, 0.29) is 11.4 Å². The number of hydrogen-bond acceptors (Lipinski definition) is 9. The second kappa shape index (κ2) is 7.16. The van der Waals surface area contributed by atoms with Gasteiger partial charge in [0.25, 0.3) is 0 Å². The molecule has 1 aromatic heterocycles. The van der Waals surface area contributed by atoms with E-state index >= 15 is 0 Å². The fourth-order valence-electron chi connectivity index (χ4n) is 4.43. The van der Waals surface area contributed by atoms with Crippen LogP contribution in [0.4, 0.5) is 0 Å². The maximum Gasteiger partial charge on any atom is 0.110 e. The van der Waals surface area contributed by atoms with Crippen LogP contribution in [0.1, 0.15) is 37.2 Å². The zero-order chi connectivity index (χ0) is 17.7. The highest BCUT2D eigenvalue weighted by molar-refractivity contribution is 8.17. The predicted molar refractivity (Wildman–Crippen MR) is 106 cm³/mol. The molecule has 0 saturated carbocycles. The van der Waals surface area contributed by atoms with Gasteiger partial charge in [-0.05, 0) is 18.8 Å². The minimum atomic E-state index is -0.927. The number of unbranched alkanes of at least 4 members (excludes halogenated alkanes) is 1. The zero-order valence-corrected chi connectivity index (χ0v) is 17.1. The number of aromatic nitrogens is 1. The van der Waals surface area contributed by atoms with Crippen LogP contribution in [-0.2, 0) is 10.8 Å². The molecule has 10 heteroatoms. The smallest absolute Gasteiger partial charge is 0.110 e. The van der Waals surface area contributed by atoms with Crippen molar-refractivity contribution in [2.24, 2.45) is 11.8 Å². The number of rotatable bonds is 5. The highest BCUT2D eigenvalue weighted by Crippen LogP contribution is 2.53. The molecule has 3 fully saturated rings. The molecule has 3 saturated heterocycles. The summed E-state index contributed by atoms with van der Waals surface area (Å²) >= 11 is 3.50. The van der Waals surface area contributed by atoms with Gasteiger partial charge >= 0.3 is 0 Å². The average molecular weight is 413 g/mol. The molecule has 7 nitrogen and oxygen atoms in total. The summed E-state index contributed by atoms with van der Waals surface area (Å²) < 4.78 is 14.0. The summed E-state index contributed by atoms with van der Waals surface area (Å²) in [5.74, 6) is 1.64. The Labute approximate surface area is 164 Å². The summed E-state index contributed by atoms with van der Waals surface area (Å²) in [5, 5.41) is 9.37. The Bertz CT molecular complexity index is 726. The lowest BCUT2D eigenvalue weighted by molar-refractivity contribution is 0.00641. The van der Waals surface area contributed by atoms with Crippen molar-refractivity contribution >= 4 is 33.9 Å². The Morgan fingerprint density at radius 1 is 1.46 bits per heavy atom. The number of hydrazine groups is 3. The van der Waals surface area contributed by atoms with E-state index in [0.29, 0.717) is 17.9 Å². The molecule has 0 radical (unpaired) electrons. The number of thiazole rings is 1. The third-order valence-electron chi connectivity index (χ3n) is 5.67. The molecule has 6 atom stereocenters. The maximum absolute atomic E-state index is 12.9. The van der Waals surface area contributed by atoms with Crippen LogP contribution in [0.3, 0.4) is 0 Å². The lowest BCUT2D eigenvalue weighted by atomic mass is 9.75. The Balaban J connectivity index is 1.47. The van der Waals surface area contributed by atoms with Gasteiger partial charge in [-0.25, -0.2) is 10.4 Å². The quantitative estimate of drug-likeness (QED) is 0.578. The molecule has 0 bridgehead atoms. The molecule has 4 N–H and O–H groups in total. The van der Waals surface area contributed by atoms with Crippen LogP contribution >= 0.6 is 23.1 Å². The topological polar surface area (TPSA) is 81.3 Å². The lowest BCUT2D eigenvalue weighted by Crippen LogP contribution is -2.62. The summed E-state index contributed by atoms with van der Waals surface area (Å²) in [5.41, 5.74) is 11.2. The van der Waals surface area contributed by atoms with Gasteiger partial charge in [-0.1, -0.05) is 25.1 Å². The van der Waals surface area contributed by atoms with Gasteiger partial charge in [0, 0.05) is 29.8 Å². The molecule has 5 rings (SSSR count). The van der Waals surface area contributed by atoms with E-state index in [1.807, 2.05) is 11.6 Å². The lowest BCUT2D eigenvalue weighted by Gasteiger charge is -2.47. The Kier molecular flexibility index (Phi) is 4.84. The first kappa shape index (κ1) is 17.6. The zero-order valence-electron chi connectivity index (χ0n) is 14.6. The van der Waals surface area contributed by atoms with Gasteiger partial charge in [0.2, 0.25) is 0 Å². The van der Waals surface area contributed by atoms with Crippen molar-refractivity contribution in [1.82, 2.24) is 31.8 Å². The van der Waals surface area contributed by atoms with Crippen LogP contribution in [0.25, 0.3) is 0 Å². The molecule has 6 unspecified atom stereocenters. The minimum Gasteiger partial charge on any atom is -0.306 e. The minimum absolute atomic E-state index is 0.272. The maximum atomic E-state index is 12.9. The van der Waals surface area contributed by atoms with Crippen molar-refractivity contribution in [3.63, 3.8) is 0 Å². The molecule has 1 aromatic rings. The first-order valence-corrected chi connectivity index (χ1v) is 12.3. The SMILES string of the molecule is CCCCS(=O)C1=C2NN3NNCC3C3CC(c4nccs4)NC(S1)C23. The number of nitrogens with one attached hydrogen (secondary N) is 4. The molecule has 0 amide bonds. The van der Waals surface area contributed by atoms with Crippen molar-refractivity contribution in [2.75, 3.05) is 12.3 Å². The monoisotopic (exact) mass is 412 g/mol. The summed E-state index contributed by atoms with van der Waals surface area (Å²) in [6.07, 6.45) is 5.02. The van der Waals surface area contributed by atoms with E-state index < -0.39 is 10.8 Å². The molecule has 0 aliphatic carbocycles. The molecule has 26 heavy (non-hydrogen) atoms. The fraction of sp³-hybridized carbons (Fsp3) is 0.688. The first-order valence-electron chi connectivity index (χ1n) is 9.25. The highest BCUT2D eigenvalue weighted by Gasteiger charge is 2.55. The summed E-state index contributed by atoms with van der Waals surface area (Å²) in [7, 11) is -0.927. The van der Waals surface area contributed by atoms with E-state index in [1.165, 1.54) is 0 Å². The predicted octanol–water partition coefficient (Wildman–Crippen LogP) is 1.41. The second-order valence-corrected chi connectivity index (χ2v) is 11.0. The average Bonchev–Trinajstić information content (AvgIpc) is 3.39. The van der Waals surface area contributed by atoms with E-state index in [4.69, 9.17) is 0 Å². The third-order valence-corrected chi connectivity index (χ3v) is 9.81. The molecule has 0 spiro atoms. The number of hydrogen-bond donors (Lipinski definition) is 4. The van der Waals surface area contributed by atoms with Gasteiger partial charge in [-0.3, -0.25) is 9.53 Å². The normalized spacial score (nSPS) is 37.3. The molecule has 0 aromatic carbocycles. The summed E-state index contributed by atoms with van der Waals surface area (Å²) in [4.78, 5) is 4.55. The van der Waals surface area contributed by atoms with Crippen molar-refractivity contribution < 1.29 is 4.21 Å². The number of thioether (sulfide) groups is 1. The number of fused-ring (bicyclic) bond motifs is 2. The van der Waals surface area contributed by atoms with E-state index in [1.54, 1.807) is 23.1 Å². The number of piperidine rings is 1. The van der Waals surface area contributed by atoms with Crippen LogP contribution in [0.5, 0.6) is 0 Å². The largest absolute Gasteiger partial charge is 0.306 e. The molecule has 4 aliphatic heterocycles. The van der Waals surface area contributed by atoms with Crippen LogP contribution in [-0.4, -0.2) is 38.0 Å². The highest BCUT2D eigenvalue weighted by atomic mass is 32.2. The third kappa shape index (κ3) is 2.86. The van der Waals surface area contributed by atoms with Crippen molar-refractivity contribution in [3.8, 4) is 0 Å². The van der Waals surface area contributed by atoms with Crippen LogP contribution < -0.4 is 21.7 Å². The standard InChI is InChI=1S/C16H24N6OS3/c1-2-3-6-26(23)16-13-12-9(11-8-18-21-22(11)20-13)7-10(19-15(12)25-16)14-17-4-5-24-14/h4-5,9-12,15,18-21H,2-3,6-8H2,1H3. The molecule has 5 heterocycles. The van der Waals surface area contributed by atoms with Crippen molar-refractivity contribution in [3.05, 3.63) is 26.5 Å². The van der Waals surface area contributed by atoms with E-state index in [0.717, 1.165) is 46.5 Å². The van der Waals surface area contributed by atoms with Crippen LogP contribution in [0.2, 0.25) is 0 Å². The van der Waals surface area contributed by atoms with Gasteiger partial charge in [0.1, 0.15) is 5.01 Å². The summed E-state index contributed by atoms with van der Waals surface area (Å²) in [6, 6.07) is 0.666. The number of nitrogens with zero attached hydrogens (tertiary/aromatic N) is 2. The second-order valence-electron chi connectivity index (χ2n) is 7.20. The Morgan fingerprint density at radius 3 is 3.19 bits per heavy atom. The molecule has 4 aliphatic rings. The van der Waals surface area contributed by atoms with Gasteiger partial charge in [-0.15, -0.1) is 16.5 Å². The first-order chi connectivity index (χ1) is 12.8. The van der Waals surface area contributed by atoms with E-state index in [9.17, 15) is 4.21 Å². The van der Waals surface area contributed by atoms with Gasteiger partial charge < -0.3 is 5.43 Å². The molecular weight excluding hydrogens is 388 g/mol. The Morgan fingerprint density at radius 2 is 2.38 bits per heavy atom.